The number of quaternary nitrogens is 1. The van der Waals surface area contributed by atoms with Gasteiger partial charge in [0.05, 0.1) is 27.2 Å². The van der Waals surface area contributed by atoms with E-state index in [-0.39, 0.29) is 12.5 Å². The first-order valence-corrected chi connectivity index (χ1v) is 5.77. The zero-order valence-corrected chi connectivity index (χ0v) is 11.3. The van der Waals surface area contributed by atoms with Gasteiger partial charge in [-0.25, -0.2) is 9.59 Å². The van der Waals surface area contributed by atoms with Gasteiger partial charge in [-0.3, -0.25) is 4.89 Å². The van der Waals surface area contributed by atoms with Gasteiger partial charge in [0.25, 0.3) is 0 Å². The van der Waals surface area contributed by atoms with Gasteiger partial charge in [0.15, 0.2) is 6.54 Å². The van der Waals surface area contributed by atoms with Crippen LogP contribution in [0.4, 0.5) is 0 Å². The fraction of sp³-hybridized carbons (Fsp3) is 0.667. The lowest BCUT2D eigenvalue weighted by Gasteiger charge is -2.27. The van der Waals surface area contributed by atoms with Crippen LogP contribution in [0.1, 0.15) is 19.8 Å². The second kappa shape index (κ2) is 7.84. The zero-order valence-electron chi connectivity index (χ0n) is 11.3. The molecule has 0 aliphatic heterocycles. The van der Waals surface area contributed by atoms with E-state index >= 15 is 0 Å². The second-order valence-corrected chi connectivity index (χ2v) is 4.90. The quantitative estimate of drug-likeness (QED) is 0.176. The summed E-state index contributed by atoms with van der Waals surface area (Å²) in [6, 6.07) is 0. The summed E-state index contributed by atoms with van der Waals surface area (Å²) in [6.07, 6.45) is 1.52. The maximum absolute atomic E-state index is 11.1. The van der Waals surface area contributed by atoms with E-state index < -0.39 is 5.97 Å². The van der Waals surface area contributed by atoms with Crippen LogP contribution in [0.15, 0.2) is 12.2 Å². The van der Waals surface area contributed by atoms with Crippen molar-refractivity contribution < 1.29 is 29.0 Å². The minimum absolute atomic E-state index is 0.0993. The molecule has 0 spiro atoms. The molecule has 6 heteroatoms. The lowest BCUT2D eigenvalue weighted by molar-refractivity contribution is -0.883. The van der Waals surface area contributed by atoms with Crippen molar-refractivity contribution >= 4 is 11.9 Å². The normalized spacial score (nSPS) is 10.9. The van der Waals surface area contributed by atoms with Crippen molar-refractivity contribution in [3.05, 3.63) is 12.2 Å². The Kier molecular flexibility index (Phi) is 7.23. The summed E-state index contributed by atoms with van der Waals surface area (Å²) in [7, 11) is 3.72. The van der Waals surface area contributed by atoms with Crippen LogP contribution >= 0.6 is 0 Å². The van der Waals surface area contributed by atoms with E-state index in [9.17, 15) is 9.59 Å². The molecule has 0 atom stereocenters. The standard InChI is InChI=1S/C12H21NO5/c1-10(2)12(15)17-8-6-5-7-13(3,4)9-11(14)18-16/h1,5-9H2,2-4H3/p+1. The summed E-state index contributed by atoms with van der Waals surface area (Å²) >= 11 is 0. The van der Waals surface area contributed by atoms with Crippen molar-refractivity contribution in [2.75, 3.05) is 33.8 Å². The van der Waals surface area contributed by atoms with Gasteiger partial charge >= 0.3 is 11.9 Å². The number of likely N-dealkylation sites (N-methyl/N-ethyl adjacent to an activating group) is 1. The van der Waals surface area contributed by atoms with Crippen molar-refractivity contribution in [2.45, 2.75) is 19.8 Å². The molecule has 0 heterocycles. The van der Waals surface area contributed by atoms with Gasteiger partial charge in [-0.1, -0.05) is 6.58 Å². The molecule has 104 valence electrons. The molecule has 1 N–H and O–H groups in total. The maximum atomic E-state index is 11.1. The molecule has 6 nitrogen and oxygen atoms in total. The number of nitrogens with zero attached hydrogens (tertiary/aromatic N) is 1. The van der Waals surface area contributed by atoms with Crippen LogP contribution in [0.5, 0.6) is 0 Å². The zero-order chi connectivity index (χ0) is 14.2. The highest BCUT2D eigenvalue weighted by Crippen LogP contribution is 2.03. The SMILES string of the molecule is C=C(C)C(=O)OCCCC[N+](C)(C)CC(=O)OO. The Labute approximate surface area is 107 Å². The van der Waals surface area contributed by atoms with Crippen molar-refractivity contribution in [1.82, 2.24) is 0 Å². The van der Waals surface area contributed by atoms with Crippen LogP contribution in [0.3, 0.4) is 0 Å². The van der Waals surface area contributed by atoms with Crippen LogP contribution in [-0.4, -0.2) is 55.5 Å². The number of esters is 1. The summed E-state index contributed by atoms with van der Waals surface area (Å²) in [4.78, 5) is 25.6. The van der Waals surface area contributed by atoms with Crippen molar-refractivity contribution in [3.63, 3.8) is 0 Å². The third kappa shape index (κ3) is 7.81. The lowest BCUT2D eigenvalue weighted by Crippen LogP contribution is -2.45. The summed E-state index contributed by atoms with van der Waals surface area (Å²) < 4.78 is 5.35. The molecular weight excluding hydrogens is 238 g/mol. The summed E-state index contributed by atoms with van der Waals surface area (Å²) in [5.74, 6) is -1.04. The Bertz CT molecular complexity index is 312. The highest BCUT2D eigenvalue weighted by atomic mass is 17.1. The Morgan fingerprint density at radius 1 is 1.28 bits per heavy atom. The van der Waals surface area contributed by atoms with E-state index in [0.29, 0.717) is 16.7 Å². The fourth-order valence-corrected chi connectivity index (χ4v) is 1.39. The minimum atomic E-state index is -0.659. The smallest absolute Gasteiger partial charge is 0.395 e. The molecular formula is C12H22NO5+. The molecule has 0 aromatic heterocycles. The van der Waals surface area contributed by atoms with Gasteiger partial charge in [0, 0.05) is 5.57 Å². The Hall–Kier alpha value is -1.40. The number of hydrogen-bond donors (Lipinski definition) is 1. The van der Waals surface area contributed by atoms with Gasteiger partial charge in [-0.2, -0.15) is 5.26 Å². The molecule has 0 amide bonds. The minimum Gasteiger partial charge on any atom is -0.462 e. The molecule has 0 radical (unpaired) electrons. The van der Waals surface area contributed by atoms with Crippen LogP contribution in [0.2, 0.25) is 0 Å². The van der Waals surface area contributed by atoms with Crippen molar-refractivity contribution in [1.29, 1.82) is 0 Å². The first kappa shape index (κ1) is 16.6. The molecule has 18 heavy (non-hydrogen) atoms. The lowest BCUT2D eigenvalue weighted by atomic mass is 10.3. The first-order valence-electron chi connectivity index (χ1n) is 5.77. The fourth-order valence-electron chi connectivity index (χ4n) is 1.39. The molecule has 0 rings (SSSR count). The Morgan fingerprint density at radius 3 is 2.39 bits per heavy atom. The van der Waals surface area contributed by atoms with Gasteiger partial charge in [-0.15, -0.1) is 0 Å². The van der Waals surface area contributed by atoms with E-state index in [0.717, 1.165) is 19.4 Å². The summed E-state index contributed by atoms with van der Waals surface area (Å²) in [5, 5.41) is 8.20. The van der Waals surface area contributed by atoms with Gasteiger partial charge in [-0.05, 0) is 19.8 Å². The van der Waals surface area contributed by atoms with Crippen molar-refractivity contribution in [2.24, 2.45) is 0 Å². The van der Waals surface area contributed by atoms with E-state index in [1.807, 2.05) is 14.1 Å². The average Bonchev–Trinajstić information content (AvgIpc) is 2.27. The number of ether oxygens (including phenoxy) is 1. The molecule has 0 bridgehead atoms. The van der Waals surface area contributed by atoms with E-state index in [1.54, 1.807) is 6.92 Å². The topological polar surface area (TPSA) is 72.8 Å². The molecule has 0 saturated carbocycles. The van der Waals surface area contributed by atoms with E-state index in [4.69, 9.17) is 9.99 Å². The molecule has 0 unspecified atom stereocenters. The Balaban J connectivity index is 3.74. The van der Waals surface area contributed by atoms with Crippen LogP contribution in [0, 0.1) is 0 Å². The van der Waals surface area contributed by atoms with E-state index in [1.165, 1.54) is 0 Å². The van der Waals surface area contributed by atoms with Crippen LogP contribution in [0.25, 0.3) is 0 Å². The second-order valence-electron chi connectivity index (χ2n) is 4.90. The predicted molar refractivity (Wildman–Crippen MR) is 65.6 cm³/mol. The highest BCUT2D eigenvalue weighted by Gasteiger charge is 2.20. The van der Waals surface area contributed by atoms with Gasteiger partial charge in [0.1, 0.15) is 0 Å². The molecule has 0 saturated heterocycles. The third-order valence-electron chi connectivity index (χ3n) is 2.40. The summed E-state index contributed by atoms with van der Waals surface area (Å²) in [5.41, 5.74) is 0.386. The molecule has 0 fully saturated rings. The van der Waals surface area contributed by atoms with E-state index in [2.05, 4.69) is 11.5 Å². The predicted octanol–water partition coefficient (Wildman–Crippen LogP) is 0.979. The number of rotatable bonds is 8. The average molecular weight is 260 g/mol. The van der Waals surface area contributed by atoms with Gasteiger partial charge < -0.3 is 9.22 Å². The van der Waals surface area contributed by atoms with Gasteiger partial charge in [0.2, 0.25) is 0 Å². The number of carbonyl (C=O) groups excluding carboxylic acids is 2. The van der Waals surface area contributed by atoms with Crippen molar-refractivity contribution in [3.8, 4) is 0 Å². The molecule has 0 aliphatic carbocycles. The number of unbranched alkanes of at least 4 members (excludes halogenated alkanes) is 1. The first-order chi connectivity index (χ1) is 8.28. The summed E-state index contributed by atoms with van der Waals surface area (Å²) in [6.45, 7) is 6.25. The van der Waals surface area contributed by atoms with Crippen LogP contribution < -0.4 is 0 Å². The molecule has 0 aromatic carbocycles. The molecule has 0 aromatic rings. The highest BCUT2D eigenvalue weighted by molar-refractivity contribution is 5.86. The monoisotopic (exact) mass is 260 g/mol. The Morgan fingerprint density at radius 2 is 1.89 bits per heavy atom. The van der Waals surface area contributed by atoms with Crippen LogP contribution in [-0.2, 0) is 19.2 Å². The largest absolute Gasteiger partial charge is 0.462 e. The number of hydrogen-bond acceptors (Lipinski definition) is 5. The molecule has 0 aliphatic rings. The number of carbonyl (C=O) groups is 2. The third-order valence-corrected chi connectivity index (χ3v) is 2.40. The maximum Gasteiger partial charge on any atom is 0.395 e.